The average Bonchev–Trinajstić information content (AvgIpc) is 3.17. The Labute approximate surface area is 509 Å². The van der Waals surface area contributed by atoms with E-state index in [1.165, 1.54) is 0 Å². The zero-order chi connectivity index (χ0) is 61.1. The van der Waals surface area contributed by atoms with Gasteiger partial charge in [0.25, 0.3) is 10.5 Å². The van der Waals surface area contributed by atoms with Crippen LogP contribution in [0.25, 0.3) is 33.5 Å². The number of halogens is 4. The van der Waals surface area contributed by atoms with Crippen LogP contribution in [0.15, 0.2) is 94.5 Å². The molecule has 0 saturated carbocycles. The lowest BCUT2D eigenvalue weighted by Crippen LogP contribution is -2.92. The van der Waals surface area contributed by atoms with E-state index in [4.69, 9.17) is 55.6 Å². The third-order valence-electron chi connectivity index (χ3n) is 12.9. The van der Waals surface area contributed by atoms with Crippen LogP contribution in [0, 0.1) is 6.92 Å². The van der Waals surface area contributed by atoms with Gasteiger partial charge < -0.3 is 52.7 Å². The Bertz CT molecular complexity index is 3750. The molecule has 2 aliphatic heterocycles. The van der Waals surface area contributed by atoms with Gasteiger partial charge in [0.05, 0.1) is 75.6 Å². The summed E-state index contributed by atoms with van der Waals surface area (Å²) < 4.78 is 118. The number of carbonyl (C=O) groups excluding carboxylic acids is 1. The first-order valence-corrected chi connectivity index (χ1v) is 33.8. The summed E-state index contributed by atoms with van der Waals surface area (Å²) in [6.45, 7) is 16.3. The van der Waals surface area contributed by atoms with Crippen molar-refractivity contribution in [3.63, 3.8) is 0 Å². The van der Waals surface area contributed by atoms with Gasteiger partial charge >= 0.3 is 5.89 Å². The minimum Gasteiger partial charge on any atom is -0.748 e. The van der Waals surface area contributed by atoms with Gasteiger partial charge in [-0.1, -0.05) is 70.7 Å². The molecule has 4 heterocycles. The first-order valence-electron chi connectivity index (χ1n) is 26.8. The van der Waals surface area contributed by atoms with Crippen molar-refractivity contribution in [1.82, 2.24) is 0 Å². The molecule has 0 aliphatic carbocycles. The summed E-state index contributed by atoms with van der Waals surface area (Å²) in [4.78, 5) is 16.6. The minimum atomic E-state index is -4.41. The van der Waals surface area contributed by atoms with Crippen LogP contribution in [-0.4, -0.2) is 93.9 Å². The van der Waals surface area contributed by atoms with E-state index in [0.29, 0.717) is 86.3 Å². The summed E-state index contributed by atoms with van der Waals surface area (Å²) in [6.07, 6.45) is 6.95. The number of nitrogens with two attached hydrogens (primary N) is 1. The Morgan fingerprint density at radius 2 is 1.28 bits per heavy atom. The van der Waals surface area contributed by atoms with Crippen LogP contribution in [0.5, 0.6) is 5.75 Å². The van der Waals surface area contributed by atoms with E-state index in [0.717, 1.165) is 49.6 Å². The molecule has 2 N–H and O–H groups in total. The predicted octanol–water partition coefficient (Wildman–Crippen LogP) is 8.71. The standard InChI is InChI=1S/C26H26Cl2N2O6S2.C24H27Cl2N3O7S2.C6H15N/c1-2-17(14-25-30(10-3-5-26(31)32)21-16-19(28)7-9-23(21)37-25)13-24-29(11-4-12-38(33,34)35)20-15-18(27)6-8-22(20)36-24;1-3-27-19-13-17(25)18(26)14-20(19)28(8-4-10-37(30,31)32)23(27)15-24-29(9-5-11-38(33,34)35)21-12-16(2)6-7-22(21)36-24;1-5(2)7-6(3)4/h6-9,13-16H,2-5,10-12H2,1H3,(H-,31,32,33,34,35);6-7,12-15H,3-5,8-11H2,1-2H3,(H-,30,31,32,33,34,35);5-7H,1-4H3/p-1. The fraction of sp³-hybridized carbons (Fsp3) is 0.411. The minimum absolute atomic E-state index is 0.0541. The van der Waals surface area contributed by atoms with Gasteiger partial charge in [0.2, 0.25) is 17.0 Å². The first kappa shape index (κ1) is 67.1. The lowest BCUT2D eigenvalue weighted by Gasteiger charge is -2.24. The molecule has 6 aromatic rings. The third kappa shape index (κ3) is 19.5. The van der Waals surface area contributed by atoms with Crippen LogP contribution in [0.1, 0.15) is 96.5 Å². The molecule has 0 radical (unpaired) electrons. The number of anilines is 3. The van der Waals surface area contributed by atoms with E-state index in [1.807, 2.05) is 88.6 Å². The molecule has 0 unspecified atom stereocenters. The highest BCUT2D eigenvalue weighted by Crippen LogP contribution is 2.46. The maximum absolute atomic E-state index is 11.3. The summed E-state index contributed by atoms with van der Waals surface area (Å²) in [7, 11) is -13.1. The summed E-state index contributed by atoms with van der Waals surface area (Å²) in [5, 5.41) is 16.0. The Balaban J connectivity index is 0.000000239. The van der Waals surface area contributed by atoms with Crippen LogP contribution in [-0.2, 0) is 48.2 Å². The van der Waals surface area contributed by atoms with Gasteiger partial charge in [-0.3, -0.25) is 0 Å². The van der Waals surface area contributed by atoms with Crippen molar-refractivity contribution in [2.24, 2.45) is 0 Å². The summed E-state index contributed by atoms with van der Waals surface area (Å²) in [5.41, 5.74) is 6.23. The van der Waals surface area contributed by atoms with E-state index >= 15 is 0 Å². The average molecular weight is 1300 g/mol. The van der Waals surface area contributed by atoms with Crippen molar-refractivity contribution in [2.45, 2.75) is 112 Å². The number of hydrogen-bond acceptors (Lipinski definition) is 17. The lowest BCUT2D eigenvalue weighted by molar-refractivity contribution is -0.709. The Morgan fingerprint density at radius 1 is 0.699 bits per heavy atom. The maximum atomic E-state index is 11.3. The number of fused-ring (bicyclic) bond motifs is 4. The number of oxazole rings is 1. The van der Waals surface area contributed by atoms with E-state index < -0.39 is 53.6 Å². The van der Waals surface area contributed by atoms with Gasteiger partial charge in [0.15, 0.2) is 18.8 Å². The quantitative estimate of drug-likeness (QED) is 0.0464. The van der Waals surface area contributed by atoms with Crippen LogP contribution in [0.4, 0.5) is 17.1 Å². The number of aliphatic carboxylic acids is 1. The number of ether oxygens (including phenoxy) is 1. The second-order valence-corrected chi connectivity index (χ2v) is 27.7. The van der Waals surface area contributed by atoms with Gasteiger partial charge in [-0.05, 0) is 127 Å². The van der Waals surface area contributed by atoms with Crippen molar-refractivity contribution < 1.29 is 72.4 Å². The van der Waals surface area contributed by atoms with Crippen molar-refractivity contribution in [1.29, 1.82) is 0 Å². The summed E-state index contributed by atoms with van der Waals surface area (Å²) >= 11 is 26.6. The van der Waals surface area contributed by atoms with Gasteiger partial charge in [0, 0.05) is 90.0 Å². The van der Waals surface area contributed by atoms with Gasteiger partial charge in [0.1, 0.15) is 10.5 Å². The predicted molar refractivity (Wildman–Crippen MR) is 323 cm³/mol. The number of carboxylic acid groups (broad SMARTS) is 1. The molecule has 452 valence electrons. The highest BCUT2D eigenvalue weighted by molar-refractivity contribution is 7.86. The van der Waals surface area contributed by atoms with E-state index in [-0.39, 0.29) is 45.3 Å². The molecule has 0 amide bonds. The maximum Gasteiger partial charge on any atom is 0.377 e. The molecular formula is C56H67Cl4N6O13S4-. The highest BCUT2D eigenvalue weighted by atomic mass is 35.5. The fourth-order valence-electron chi connectivity index (χ4n) is 9.47. The molecule has 0 bridgehead atoms. The Hall–Kier alpha value is -5.02. The molecule has 0 spiro atoms. The molecule has 0 fully saturated rings. The molecule has 2 aliphatic rings. The van der Waals surface area contributed by atoms with E-state index in [9.17, 15) is 48.8 Å². The topological polar surface area (TPSA) is 268 Å². The van der Waals surface area contributed by atoms with Crippen molar-refractivity contribution >= 4 is 145 Å². The molecule has 0 atom stereocenters. The number of hydrogen-bond donors (Lipinski definition) is 1. The van der Waals surface area contributed by atoms with Crippen molar-refractivity contribution in [2.75, 3.05) is 51.6 Å². The zero-order valence-electron chi connectivity index (χ0n) is 46.9. The SMILES string of the molecule is CC(C)[NH2+]C(C)C.CCC(=Cc1sc2ccc(Cl)cc2[n+]1CCCC(=O)[O-])C=C1Oc2ccc(Cl)cc2N1CCCS(=O)(=O)[O-].CCN1C(=Cc2oc3ccc(C)cc3[n+]2CCCS(=O)(=O)[O-])N(CCCS(=O)(=O)[O-])c2cc(Cl)c(Cl)cc21. The Morgan fingerprint density at radius 3 is 1.86 bits per heavy atom. The number of allylic oxidation sites excluding steroid dienone is 2. The third-order valence-corrected chi connectivity index (χ3v) is 17.5. The van der Waals surface area contributed by atoms with E-state index in [1.54, 1.807) is 52.3 Å². The van der Waals surface area contributed by atoms with Crippen LogP contribution in [0.3, 0.4) is 0 Å². The number of quaternary nitrogens is 1. The molecule has 2 aromatic heterocycles. The largest absolute Gasteiger partial charge is 0.748 e. The van der Waals surface area contributed by atoms with Crippen LogP contribution < -0.4 is 39.0 Å². The molecule has 8 rings (SSSR count). The van der Waals surface area contributed by atoms with E-state index in [2.05, 4.69) is 33.0 Å². The summed E-state index contributed by atoms with van der Waals surface area (Å²) in [5.74, 6) is -0.539. The second kappa shape index (κ2) is 29.4. The molecule has 4 aromatic carbocycles. The monoisotopic (exact) mass is 1300 g/mol. The second-order valence-electron chi connectivity index (χ2n) is 20.3. The number of nitrogens with zero attached hydrogens (tertiary/aromatic N) is 5. The van der Waals surface area contributed by atoms with Crippen molar-refractivity contribution in [3.8, 4) is 5.75 Å². The van der Waals surface area contributed by atoms with Crippen LogP contribution in [0.2, 0.25) is 20.1 Å². The number of carboxylic acids is 1. The number of carbonyl (C=O) groups is 1. The number of aryl methyl sites for hydroxylation is 3. The number of thiazole rings is 1. The molecule has 19 nitrogen and oxygen atoms in total. The van der Waals surface area contributed by atoms with Gasteiger partial charge in [-0.25, -0.2) is 25.3 Å². The molecule has 0 saturated heterocycles. The number of rotatable bonds is 23. The molecule has 27 heteroatoms. The summed E-state index contributed by atoms with van der Waals surface area (Å²) in [6, 6.07) is 21.3. The first-order chi connectivity index (χ1) is 38.9. The highest BCUT2D eigenvalue weighted by Gasteiger charge is 2.34. The molecule has 83 heavy (non-hydrogen) atoms. The normalized spacial score (nSPS) is 14.7. The number of benzene rings is 4. The zero-order valence-corrected chi connectivity index (χ0v) is 53.2. The van der Waals surface area contributed by atoms with Gasteiger partial charge in [-0.15, -0.1) is 0 Å². The smallest absolute Gasteiger partial charge is 0.377 e. The van der Waals surface area contributed by atoms with Gasteiger partial charge in [-0.2, -0.15) is 9.13 Å². The lowest BCUT2D eigenvalue weighted by atomic mass is 10.1. The van der Waals surface area contributed by atoms with Crippen LogP contribution >= 0.6 is 57.7 Å². The molecular weight excluding hydrogens is 1230 g/mol. The Kier molecular flexibility index (Phi) is 23.8. The fourth-order valence-corrected chi connectivity index (χ4v) is 12.7. The van der Waals surface area contributed by atoms with Crippen molar-refractivity contribution in [3.05, 3.63) is 127 Å². The number of aromatic nitrogens is 2.